The molecule has 2 heteroatoms. The monoisotopic (exact) mass is 217 g/mol. The zero-order chi connectivity index (χ0) is 10.7. The minimum absolute atomic E-state index is 0.544. The van der Waals surface area contributed by atoms with E-state index in [9.17, 15) is 0 Å². The molecular weight excluding hydrogens is 206 g/mol. The average molecular weight is 218 g/mol. The van der Waals surface area contributed by atoms with Crippen LogP contribution in [0.5, 0.6) is 0 Å². The SMILES string of the molecule is NCc1ccccc1-c1cccc(Cl)c1. The van der Waals surface area contributed by atoms with Gasteiger partial charge in [-0.05, 0) is 28.8 Å². The summed E-state index contributed by atoms with van der Waals surface area (Å²) in [7, 11) is 0. The Morgan fingerprint density at radius 1 is 1.00 bits per heavy atom. The van der Waals surface area contributed by atoms with Crippen molar-refractivity contribution in [3.05, 3.63) is 59.1 Å². The highest BCUT2D eigenvalue weighted by Gasteiger charge is 2.02. The maximum atomic E-state index is 5.96. The van der Waals surface area contributed by atoms with Gasteiger partial charge in [-0.1, -0.05) is 48.0 Å². The Morgan fingerprint density at radius 3 is 2.53 bits per heavy atom. The lowest BCUT2D eigenvalue weighted by atomic mass is 10.00. The van der Waals surface area contributed by atoms with Crippen molar-refractivity contribution in [1.82, 2.24) is 0 Å². The highest BCUT2D eigenvalue weighted by molar-refractivity contribution is 6.30. The molecule has 0 saturated carbocycles. The topological polar surface area (TPSA) is 26.0 Å². The van der Waals surface area contributed by atoms with Crippen molar-refractivity contribution in [2.45, 2.75) is 6.54 Å². The standard InChI is InChI=1S/C13H12ClN/c14-12-6-3-5-10(8-12)13-7-2-1-4-11(13)9-15/h1-8H,9,15H2. The maximum Gasteiger partial charge on any atom is 0.0412 e. The normalized spacial score (nSPS) is 10.3. The molecule has 1 nitrogen and oxygen atoms in total. The summed E-state index contributed by atoms with van der Waals surface area (Å²) in [5.74, 6) is 0. The van der Waals surface area contributed by atoms with Crippen molar-refractivity contribution in [3.8, 4) is 11.1 Å². The third-order valence-electron chi connectivity index (χ3n) is 2.37. The van der Waals surface area contributed by atoms with Crippen LogP contribution in [0.4, 0.5) is 0 Å². The molecule has 0 atom stereocenters. The minimum Gasteiger partial charge on any atom is -0.326 e. The van der Waals surface area contributed by atoms with Crippen LogP contribution in [-0.4, -0.2) is 0 Å². The van der Waals surface area contributed by atoms with Gasteiger partial charge in [0, 0.05) is 11.6 Å². The summed E-state index contributed by atoms with van der Waals surface area (Å²) in [5.41, 5.74) is 9.10. The van der Waals surface area contributed by atoms with E-state index in [0.29, 0.717) is 6.54 Å². The number of benzene rings is 2. The van der Waals surface area contributed by atoms with Crippen molar-refractivity contribution in [1.29, 1.82) is 0 Å². The first-order valence-corrected chi connectivity index (χ1v) is 5.23. The molecule has 15 heavy (non-hydrogen) atoms. The summed E-state index contributed by atoms with van der Waals surface area (Å²) in [4.78, 5) is 0. The van der Waals surface area contributed by atoms with Crippen LogP contribution in [0.15, 0.2) is 48.5 Å². The van der Waals surface area contributed by atoms with Crippen molar-refractivity contribution >= 4 is 11.6 Å². The Balaban J connectivity index is 2.53. The van der Waals surface area contributed by atoms with Crippen molar-refractivity contribution in [3.63, 3.8) is 0 Å². The number of halogens is 1. The molecular formula is C13H12ClN. The summed E-state index contributed by atoms with van der Waals surface area (Å²) in [5, 5.41) is 0.749. The lowest BCUT2D eigenvalue weighted by molar-refractivity contribution is 1.07. The molecule has 0 aliphatic heterocycles. The zero-order valence-corrected chi connectivity index (χ0v) is 9.04. The summed E-state index contributed by atoms with van der Waals surface area (Å²) < 4.78 is 0. The van der Waals surface area contributed by atoms with Crippen LogP contribution in [0, 0.1) is 0 Å². The third kappa shape index (κ3) is 2.20. The first-order valence-electron chi connectivity index (χ1n) is 4.85. The van der Waals surface area contributed by atoms with Crippen molar-refractivity contribution in [2.75, 3.05) is 0 Å². The molecule has 2 N–H and O–H groups in total. The first kappa shape index (κ1) is 10.2. The quantitative estimate of drug-likeness (QED) is 0.819. The number of hydrogen-bond donors (Lipinski definition) is 1. The average Bonchev–Trinajstić information content (AvgIpc) is 2.29. The van der Waals surface area contributed by atoms with E-state index in [0.717, 1.165) is 21.7 Å². The van der Waals surface area contributed by atoms with E-state index in [1.54, 1.807) is 0 Å². The Morgan fingerprint density at radius 2 is 1.80 bits per heavy atom. The smallest absolute Gasteiger partial charge is 0.0412 e. The van der Waals surface area contributed by atoms with E-state index < -0.39 is 0 Å². The second-order valence-electron chi connectivity index (χ2n) is 3.37. The van der Waals surface area contributed by atoms with Crippen molar-refractivity contribution in [2.24, 2.45) is 5.73 Å². The first-order chi connectivity index (χ1) is 7.31. The number of hydrogen-bond acceptors (Lipinski definition) is 1. The van der Waals surface area contributed by atoms with Gasteiger partial charge in [-0.15, -0.1) is 0 Å². The molecule has 0 saturated heterocycles. The highest BCUT2D eigenvalue weighted by Crippen LogP contribution is 2.25. The lowest BCUT2D eigenvalue weighted by Crippen LogP contribution is -1.98. The molecule has 0 amide bonds. The Bertz CT molecular complexity index is 466. The van der Waals surface area contributed by atoms with Crippen LogP contribution >= 0.6 is 11.6 Å². The fourth-order valence-corrected chi connectivity index (χ4v) is 1.83. The van der Waals surface area contributed by atoms with Crippen LogP contribution in [0.25, 0.3) is 11.1 Å². The molecule has 2 aromatic carbocycles. The van der Waals surface area contributed by atoms with Gasteiger partial charge in [-0.3, -0.25) is 0 Å². The van der Waals surface area contributed by atoms with E-state index in [1.165, 1.54) is 0 Å². The minimum atomic E-state index is 0.544. The van der Waals surface area contributed by atoms with E-state index in [1.807, 2.05) is 42.5 Å². The second kappa shape index (κ2) is 4.47. The summed E-state index contributed by atoms with van der Waals surface area (Å²) in [6, 6.07) is 15.9. The van der Waals surface area contributed by atoms with Crippen molar-refractivity contribution < 1.29 is 0 Å². The molecule has 76 valence electrons. The molecule has 0 spiro atoms. The second-order valence-corrected chi connectivity index (χ2v) is 3.81. The van der Waals surface area contributed by atoms with Gasteiger partial charge < -0.3 is 5.73 Å². The largest absolute Gasteiger partial charge is 0.326 e. The van der Waals surface area contributed by atoms with E-state index in [2.05, 4.69) is 6.07 Å². The summed E-state index contributed by atoms with van der Waals surface area (Å²) in [6.45, 7) is 0.544. The Labute approximate surface area is 94.5 Å². The zero-order valence-electron chi connectivity index (χ0n) is 8.28. The molecule has 0 aromatic heterocycles. The van der Waals surface area contributed by atoms with Gasteiger partial charge in [-0.25, -0.2) is 0 Å². The molecule has 0 radical (unpaired) electrons. The van der Waals surface area contributed by atoms with Gasteiger partial charge in [0.05, 0.1) is 0 Å². The fourth-order valence-electron chi connectivity index (χ4n) is 1.64. The van der Waals surface area contributed by atoms with Gasteiger partial charge in [0.1, 0.15) is 0 Å². The molecule has 2 rings (SSSR count). The van der Waals surface area contributed by atoms with Gasteiger partial charge in [0.2, 0.25) is 0 Å². The predicted octanol–water partition coefficient (Wildman–Crippen LogP) is 3.47. The molecule has 0 aliphatic rings. The maximum absolute atomic E-state index is 5.96. The van der Waals surface area contributed by atoms with Gasteiger partial charge in [0.25, 0.3) is 0 Å². The number of rotatable bonds is 2. The van der Waals surface area contributed by atoms with Gasteiger partial charge in [-0.2, -0.15) is 0 Å². The fraction of sp³-hybridized carbons (Fsp3) is 0.0769. The Kier molecular flexibility index (Phi) is 3.05. The van der Waals surface area contributed by atoms with E-state index in [-0.39, 0.29) is 0 Å². The molecule has 0 aliphatic carbocycles. The summed E-state index contributed by atoms with van der Waals surface area (Å²) in [6.07, 6.45) is 0. The van der Waals surface area contributed by atoms with Crippen LogP contribution < -0.4 is 5.73 Å². The molecule has 0 unspecified atom stereocenters. The molecule has 0 heterocycles. The van der Waals surface area contributed by atoms with Crippen LogP contribution in [-0.2, 0) is 6.54 Å². The van der Waals surface area contributed by atoms with Gasteiger partial charge >= 0.3 is 0 Å². The molecule has 0 bridgehead atoms. The third-order valence-corrected chi connectivity index (χ3v) is 2.61. The van der Waals surface area contributed by atoms with E-state index >= 15 is 0 Å². The van der Waals surface area contributed by atoms with Gasteiger partial charge in [0.15, 0.2) is 0 Å². The van der Waals surface area contributed by atoms with E-state index in [4.69, 9.17) is 17.3 Å². The predicted molar refractivity (Wildman–Crippen MR) is 64.8 cm³/mol. The van der Waals surface area contributed by atoms with Crippen LogP contribution in [0.2, 0.25) is 5.02 Å². The number of nitrogens with two attached hydrogens (primary N) is 1. The van der Waals surface area contributed by atoms with Crippen LogP contribution in [0.1, 0.15) is 5.56 Å². The van der Waals surface area contributed by atoms with Crippen LogP contribution in [0.3, 0.4) is 0 Å². The highest BCUT2D eigenvalue weighted by atomic mass is 35.5. The molecule has 2 aromatic rings. The Hall–Kier alpha value is -1.31. The lowest BCUT2D eigenvalue weighted by Gasteiger charge is -2.07. The summed E-state index contributed by atoms with van der Waals surface area (Å²) >= 11 is 5.96. The molecule has 0 fully saturated rings.